The number of nitrogens with one attached hydrogen (secondary N) is 1. The van der Waals surface area contributed by atoms with Crippen LogP contribution in [0.3, 0.4) is 0 Å². The zero-order valence-electron chi connectivity index (χ0n) is 14.7. The van der Waals surface area contributed by atoms with Gasteiger partial charge >= 0.3 is 0 Å². The molecule has 1 unspecified atom stereocenters. The molecule has 3 N–H and O–H groups in total. The molecule has 0 aliphatic heterocycles. The zero-order valence-corrected chi connectivity index (χ0v) is 15.5. The Hall–Kier alpha value is -2.37. The molecule has 2 amide bonds. The smallest absolute Gasteiger partial charge is 0.244 e. The summed E-state index contributed by atoms with van der Waals surface area (Å²) < 4.78 is 0. The molecule has 6 heteroatoms. The normalized spacial score (nSPS) is 11.2. The average molecular weight is 362 g/mol. The fraction of sp³-hybridized carbons (Fsp3) is 0.263. The van der Waals surface area contributed by atoms with Gasteiger partial charge in [-0.3, -0.25) is 9.59 Å². The molecule has 1 atom stereocenters. The van der Waals surface area contributed by atoms with E-state index in [0.717, 1.165) is 22.4 Å². The van der Waals surface area contributed by atoms with Crippen molar-refractivity contribution in [3.05, 3.63) is 65.2 Å². The number of nitrogens with zero attached hydrogens (tertiary/aromatic N) is 1. The number of amides is 2. The Labute approximate surface area is 154 Å². The highest BCUT2D eigenvalue weighted by molar-refractivity contribution is 5.96. The molecule has 0 aromatic heterocycles. The summed E-state index contributed by atoms with van der Waals surface area (Å²) in [7, 11) is 1.58. The van der Waals surface area contributed by atoms with Crippen LogP contribution in [0.1, 0.15) is 22.7 Å². The first-order valence-electron chi connectivity index (χ1n) is 7.81. The lowest BCUT2D eigenvalue weighted by molar-refractivity contribution is -0.134. The number of hydrogen-bond acceptors (Lipinski definition) is 3. The van der Waals surface area contributed by atoms with Gasteiger partial charge in [0.15, 0.2) is 0 Å². The number of halogens is 1. The molecule has 0 radical (unpaired) electrons. The summed E-state index contributed by atoms with van der Waals surface area (Å²) in [6, 6.07) is 14.2. The Bertz CT molecular complexity index is 714. The molecule has 0 saturated heterocycles. The van der Waals surface area contributed by atoms with Gasteiger partial charge in [-0.25, -0.2) is 0 Å². The van der Waals surface area contributed by atoms with E-state index in [-0.39, 0.29) is 30.8 Å². The van der Waals surface area contributed by atoms with Crippen molar-refractivity contribution in [3.8, 4) is 0 Å². The minimum atomic E-state index is -0.774. The van der Waals surface area contributed by atoms with Crippen LogP contribution in [0, 0.1) is 13.8 Å². The highest BCUT2D eigenvalue weighted by Gasteiger charge is 2.21. The first-order chi connectivity index (χ1) is 11.4. The van der Waals surface area contributed by atoms with Gasteiger partial charge in [0.1, 0.15) is 6.04 Å². The average Bonchev–Trinajstić information content (AvgIpc) is 2.57. The Morgan fingerprint density at radius 1 is 1.04 bits per heavy atom. The number of para-hydroxylation sites is 1. The number of benzene rings is 2. The Kier molecular flexibility index (Phi) is 7.61. The molecule has 0 saturated carbocycles. The van der Waals surface area contributed by atoms with Crippen molar-refractivity contribution in [3.63, 3.8) is 0 Å². The van der Waals surface area contributed by atoms with Crippen molar-refractivity contribution >= 4 is 29.9 Å². The topological polar surface area (TPSA) is 75.4 Å². The number of carbonyl (C=O) groups excluding carboxylic acids is 2. The maximum atomic E-state index is 12.4. The van der Waals surface area contributed by atoms with E-state index in [4.69, 9.17) is 5.73 Å². The van der Waals surface area contributed by atoms with Gasteiger partial charge in [-0.15, -0.1) is 12.4 Å². The second kappa shape index (κ2) is 9.20. The first-order valence-corrected chi connectivity index (χ1v) is 7.81. The van der Waals surface area contributed by atoms with E-state index in [2.05, 4.69) is 5.32 Å². The number of likely N-dealkylation sites (N-methyl/N-ethyl adjacent to an activating group) is 1. The summed E-state index contributed by atoms with van der Waals surface area (Å²) in [6.07, 6.45) is 0. The SMILES string of the molecule is Cc1cccc(C)c1NC(=O)CN(C)C(=O)C(N)c1ccccc1.Cl. The van der Waals surface area contributed by atoms with E-state index in [1.54, 1.807) is 19.2 Å². The number of anilines is 1. The van der Waals surface area contributed by atoms with Gasteiger partial charge in [0.05, 0.1) is 6.54 Å². The summed E-state index contributed by atoms with van der Waals surface area (Å²) in [6.45, 7) is 3.82. The van der Waals surface area contributed by atoms with Crippen LogP contribution in [0.15, 0.2) is 48.5 Å². The van der Waals surface area contributed by atoms with Crippen molar-refractivity contribution in [1.82, 2.24) is 4.90 Å². The van der Waals surface area contributed by atoms with E-state index in [1.807, 2.05) is 50.2 Å². The lowest BCUT2D eigenvalue weighted by Gasteiger charge is -2.21. The third kappa shape index (κ3) is 5.31. The minimum Gasteiger partial charge on any atom is -0.335 e. The zero-order chi connectivity index (χ0) is 17.7. The maximum absolute atomic E-state index is 12.4. The molecule has 5 nitrogen and oxygen atoms in total. The van der Waals surface area contributed by atoms with Gasteiger partial charge in [0.2, 0.25) is 11.8 Å². The van der Waals surface area contributed by atoms with Crippen molar-refractivity contribution in [2.75, 3.05) is 18.9 Å². The Balaban J connectivity index is 0.00000312. The van der Waals surface area contributed by atoms with Crippen molar-refractivity contribution in [2.45, 2.75) is 19.9 Å². The third-order valence-corrected chi connectivity index (χ3v) is 3.93. The molecule has 2 aromatic rings. The lowest BCUT2D eigenvalue weighted by Crippen LogP contribution is -2.40. The second-order valence-corrected chi connectivity index (χ2v) is 5.90. The van der Waals surface area contributed by atoms with Crippen LogP contribution in [0.4, 0.5) is 5.69 Å². The predicted molar refractivity (Wildman–Crippen MR) is 103 cm³/mol. The molecule has 0 aliphatic carbocycles. The van der Waals surface area contributed by atoms with Crippen LogP contribution in [0.2, 0.25) is 0 Å². The van der Waals surface area contributed by atoms with Crippen LogP contribution in [0.25, 0.3) is 0 Å². The van der Waals surface area contributed by atoms with E-state index in [1.165, 1.54) is 4.90 Å². The van der Waals surface area contributed by atoms with Crippen molar-refractivity contribution < 1.29 is 9.59 Å². The van der Waals surface area contributed by atoms with Gasteiger partial charge in [-0.1, -0.05) is 48.5 Å². The van der Waals surface area contributed by atoms with Gasteiger partial charge in [-0.2, -0.15) is 0 Å². The predicted octanol–water partition coefficient (Wildman–Crippen LogP) is 2.82. The Morgan fingerprint density at radius 3 is 2.16 bits per heavy atom. The standard InChI is InChI=1S/C19H23N3O2.ClH/c1-13-8-7-9-14(2)18(13)21-16(23)12-22(3)19(24)17(20)15-10-5-4-6-11-15;/h4-11,17H,12,20H2,1-3H3,(H,21,23);1H. The molecule has 0 fully saturated rings. The summed E-state index contributed by atoms with van der Waals surface area (Å²) in [5, 5.41) is 2.87. The number of aryl methyl sites for hydroxylation is 2. The van der Waals surface area contributed by atoms with Crippen LogP contribution < -0.4 is 11.1 Å². The molecular weight excluding hydrogens is 338 g/mol. The first kappa shape index (κ1) is 20.7. The highest BCUT2D eigenvalue weighted by Crippen LogP contribution is 2.19. The van der Waals surface area contributed by atoms with Crippen molar-refractivity contribution in [2.24, 2.45) is 5.73 Å². The fourth-order valence-corrected chi connectivity index (χ4v) is 2.52. The van der Waals surface area contributed by atoms with Gasteiger partial charge < -0.3 is 16.0 Å². The van der Waals surface area contributed by atoms with E-state index in [9.17, 15) is 9.59 Å². The van der Waals surface area contributed by atoms with Crippen LogP contribution in [-0.2, 0) is 9.59 Å². The molecule has 2 aromatic carbocycles. The lowest BCUT2D eigenvalue weighted by atomic mass is 10.1. The van der Waals surface area contributed by atoms with Crippen LogP contribution in [0.5, 0.6) is 0 Å². The molecule has 0 spiro atoms. The molecule has 2 rings (SSSR count). The van der Waals surface area contributed by atoms with Crippen molar-refractivity contribution in [1.29, 1.82) is 0 Å². The van der Waals surface area contributed by atoms with Gasteiger partial charge in [0.25, 0.3) is 0 Å². The van der Waals surface area contributed by atoms with E-state index < -0.39 is 6.04 Å². The van der Waals surface area contributed by atoms with Gasteiger partial charge in [0, 0.05) is 12.7 Å². The molecule has 0 bridgehead atoms. The third-order valence-electron chi connectivity index (χ3n) is 3.93. The molecule has 0 aliphatic rings. The van der Waals surface area contributed by atoms with Crippen LogP contribution in [-0.4, -0.2) is 30.3 Å². The van der Waals surface area contributed by atoms with E-state index >= 15 is 0 Å². The Morgan fingerprint density at radius 2 is 1.60 bits per heavy atom. The molecular formula is C19H24ClN3O2. The molecule has 0 heterocycles. The largest absolute Gasteiger partial charge is 0.335 e. The fourth-order valence-electron chi connectivity index (χ4n) is 2.52. The summed E-state index contributed by atoms with van der Waals surface area (Å²) in [5.74, 6) is -0.540. The number of hydrogen-bond donors (Lipinski definition) is 2. The van der Waals surface area contributed by atoms with Gasteiger partial charge in [-0.05, 0) is 30.5 Å². The van der Waals surface area contributed by atoms with E-state index in [0.29, 0.717) is 0 Å². The summed E-state index contributed by atoms with van der Waals surface area (Å²) in [4.78, 5) is 26.0. The monoisotopic (exact) mass is 361 g/mol. The number of nitrogens with two attached hydrogens (primary N) is 1. The summed E-state index contributed by atoms with van der Waals surface area (Å²) >= 11 is 0. The quantitative estimate of drug-likeness (QED) is 0.859. The second-order valence-electron chi connectivity index (χ2n) is 5.90. The molecule has 25 heavy (non-hydrogen) atoms. The highest BCUT2D eigenvalue weighted by atomic mass is 35.5. The van der Waals surface area contributed by atoms with Crippen LogP contribution >= 0.6 is 12.4 Å². The minimum absolute atomic E-state index is 0. The summed E-state index contributed by atoms with van der Waals surface area (Å²) in [5.41, 5.74) is 9.48. The molecule has 134 valence electrons. The number of rotatable bonds is 5. The maximum Gasteiger partial charge on any atom is 0.244 e. The number of carbonyl (C=O) groups is 2.